The number of hydrogen-bond acceptors (Lipinski definition) is 4. The Hall–Kier alpha value is -2.14. The summed E-state index contributed by atoms with van der Waals surface area (Å²) in [5, 5.41) is 2.97. The van der Waals surface area contributed by atoms with Crippen LogP contribution in [-0.2, 0) is 11.3 Å². The first-order valence-electron chi connectivity index (χ1n) is 7.18. The molecule has 0 aliphatic heterocycles. The summed E-state index contributed by atoms with van der Waals surface area (Å²) in [6.07, 6.45) is 5.68. The van der Waals surface area contributed by atoms with Crippen LogP contribution >= 0.6 is 0 Å². The van der Waals surface area contributed by atoms with Crippen LogP contribution in [0.4, 0.5) is 0 Å². The lowest BCUT2D eigenvalue weighted by atomic mass is 10.2. The standard InChI is InChI=1S/C16H18N2O3/c19-16(15-9-17-11-21-15)18-13-7-4-8-14(13)20-10-12-5-2-1-3-6-12/h1-3,5-6,9,11,13-14H,4,7-8,10H2,(H,18,19)/t13-,14-/m0/s1. The van der Waals surface area contributed by atoms with Crippen molar-refractivity contribution >= 4 is 5.91 Å². The van der Waals surface area contributed by atoms with Crippen molar-refractivity contribution in [3.63, 3.8) is 0 Å². The van der Waals surface area contributed by atoms with Gasteiger partial charge in [-0.05, 0) is 24.8 Å². The highest BCUT2D eigenvalue weighted by Crippen LogP contribution is 2.23. The second kappa shape index (κ2) is 6.54. The molecule has 1 aliphatic rings. The molecule has 2 atom stereocenters. The minimum Gasteiger partial charge on any atom is -0.438 e. The maximum absolute atomic E-state index is 12.0. The SMILES string of the molecule is O=C(N[C@H]1CCC[C@@H]1OCc1ccccc1)c1cnco1. The van der Waals surface area contributed by atoms with Gasteiger partial charge in [0.2, 0.25) is 5.76 Å². The minimum absolute atomic E-state index is 0.0336. The number of nitrogens with one attached hydrogen (secondary N) is 1. The average molecular weight is 286 g/mol. The van der Waals surface area contributed by atoms with Gasteiger partial charge in [0.1, 0.15) is 0 Å². The van der Waals surface area contributed by atoms with Crippen molar-refractivity contribution in [1.82, 2.24) is 10.3 Å². The highest BCUT2D eigenvalue weighted by molar-refractivity contribution is 5.91. The largest absolute Gasteiger partial charge is 0.438 e. The molecule has 1 aromatic carbocycles. The van der Waals surface area contributed by atoms with Crippen molar-refractivity contribution in [2.75, 3.05) is 0 Å². The first kappa shape index (κ1) is 13.8. The van der Waals surface area contributed by atoms with Crippen molar-refractivity contribution in [3.05, 3.63) is 54.2 Å². The molecule has 0 unspecified atom stereocenters. The van der Waals surface area contributed by atoms with Crippen molar-refractivity contribution < 1.29 is 13.9 Å². The van der Waals surface area contributed by atoms with E-state index in [1.807, 2.05) is 30.3 Å². The van der Waals surface area contributed by atoms with Crippen molar-refractivity contribution in [2.45, 2.75) is 38.0 Å². The lowest BCUT2D eigenvalue weighted by Crippen LogP contribution is -2.41. The van der Waals surface area contributed by atoms with Gasteiger partial charge in [-0.3, -0.25) is 4.79 Å². The van der Waals surface area contributed by atoms with Crippen LogP contribution in [0.15, 0.2) is 47.3 Å². The van der Waals surface area contributed by atoms with E-state index in [1.54, 1.807) is 0 Å². The molecule has 3 rings (SSSR count). The van der Waals surface area contributed by atoms with E-state index in [-0.39, 0.29) is 23.8 Å². The van der Waals surface area contributed by atoms with Crippen LogP contribution in [0, 0.1) is 0 Å². The number of benzene rings is 1. The lowest BCUT2D eigenvalue weighted by Gasteiger charge is -2.21. The van der Waals surface area contributed by atoms with Crippen LogP contribution in [0.25, 0.3) is 0 Å². The third-order valence-electron chi connectivity index (χ3n) is 3.73. The summed E-state index contributed by atoms with van der Waals surface area (Å²) in [6.45, 7) is 0.570. The molecule has 21 heavy (non-hydrogen) atoms. The Bertz CT molecular complexity index is 568. The highest BCUT2D eigenvalue weighted by Gasteiger charge is 2.30. The summed E-state index contributed by atoms with van der Waals surface area (Å²) in [6, 6.07) is 10.1. The summed E-state index contributed by atoms with van der Waals surface area (Å²) in [5.74, 6) is 0.0106. The molecule has 0 saturated heterocycles. The van der Waals surface area contributed by atoms with Crippen molar-refractivity contribution in [2.24, 2.45) is 0 Å². The smallest absolute Gasteiger partial charge is 0.289 e. The van der Waals surface area contributed by atoms with Gasteiger partial charge in [0.25, 0.3) is 5.91 Å². The van der Waals surface area contributed by atoms with Crippen LogP contribution in [0.2, 0.25) is 0 Å². The molecule has 5 nitrogen and oxygen atoms in total. The number of oxazole rings is 1. The summed E-state index contributed by atoms with van der Waals surface area (Å²) in [7, 11) is 0. The van der Waals surface area contributed by atoms with Crippen LogP contribution < -0.4 is 5.32 Å². The molecular formula is C16H18N2O3. The molecule has 110 valence electrons. The van der Waals surface area contributed by atoms with E-state index in [1.165, 1.54) is 12.6 Å². The average Bonchev–Trinajstić information content (AvgIpc) is 3.18. The summed E-state index contributed by atoms with van der Waals surface area (Å²) >= 11 is 0. The zero-order valence-corrected chi connectivity index (χ0v) is 11.7. The van der Waals surface area contributed by atoms with Gasteiger partial charge >= 0.3 is 0 Å². The Morgan fingerprint density at radius 1 is 1.33 bits per heavy atom. The molecule has 1 N–H and O–H groups in total. The van der Waals surface area contributed by atoms with Crippen LogP contribution in [0.1, 0.15) is 35.4 Å². The fourth-order valence-electron chi connectivity index (χ4n) is 2.64. The monoisotopic (exact) mass is 286 g/mol. The zero-order chi connectivity index (χ0) is 14.5. The summed E-state index contributed by atoms with van der Waals surface area (Å²) in [5.41, 5.74) is 1.14. The van der Waals surface area contributed by atoms with E-state index in [9.17, 15) is 4.79 Å². The molecule has 2 aromatic rings. The molecule has 0 bridgehead atoms. The second-order valence-corrected chi connectivity index (χ2v) is 5.21. The van der Waals surface area contributed by atoms with E-state index in [0.717, 1.165) is 24.8 Å². The van der Waals surface area contributed by atoms with E-state index in [4.69, 9.17) is 9.15 Å². The molecule has 0 spiro atoms. The minimum atomic E-state index is -0.229. The topological polar surface area (TPSA) is 64.4 Å². The molecular weight excluding hydrogens is 268 g/mol. The van der Waals surface area contributed by atoms with Gasteiger partial charge < -0.3 is 14.5 Å². The highest BCUT2D eigenvalue weighted by atomic mass is 16.5. The number of carbonyl (C=O) groups excluding carboxylic acids is 1. The van der Waals surface area contributed by atoms with E-state index in [2.05, 4.69) is 10.3 Å². The second-order valence-electron chi connectivity index (χ2n) is 5.21. The van der Waals surface area contributed by atoms with E-state index >= 15 is 0 Å². The van der Waals surface area contributed by atoms with Crippen molar-refractivity contribution in [3.8, 4) is 0 Å². The lowest BCUT2D eigenvalue weighted by molar-refractivity contribution is 0.0268. The fourth-order valence-corrected chi connectivity index (χ4v) is 2.64. The Morgan fingerprint density at radius 2 is 2.19 bits per heavy atom. The fraction of sp³-hybridized carbons (Fsp3) is 0.375. The van der Waals surface area contributed by atoms with Crippen LogP contribution in [0.3, 0.4) is 0 Å². The number of nitrogens with zero attached hydrogens (tertiary/aromatic N) is 1. The Balaban J connectivity index is 1.54. The molecule has 1 aromatic heterocycles. The maximum atomic E-state index is 12.0. The predicted molar refractivity (Wildman–Crippen MR) is 76.6 cm³/mol. The number of hydrogen-bond donors (Lipinski definition) is 1. The molecule has 1 fully saturated rings. The van der Waals surface area contributed by atoms with Gasteiger partial charge in [0.15, 0.2) is 6.39 Å². The third-order valence-corrected chi connectivity index (χ3v) is 3.73. The summed E-state index contributed by atoms with van der Waals surface area (Å²) in [4.78, 5) is 15.7. The zero-order valence-electron chi connectivity index (χ0n) is 11.7. The number of amides is 1. The molecule has 0 radical (unpaired) electrons. The Labute approximate surface area is 123 Å². The van der Waals surface area contributed by atoms with Gasteiger partial charge in [-0.25, -0.2) is 4.98 Å². The molecule has 1 aliphatic carbocycles. The molecule has 1 amide bonds. The Morgan fingerprint density at radius 3 is 2.95 bits per heavy atom. The molecule has 1 saturated carbocycles. The number of ether oxygens (including phenoxy) is 1. The van der Waals surface area contributed by atoms with Gasteiger partial charge in [0.05, 0.1) is 24.9 Å². The van der Waals surface area contributed by atoms with Gasteiger partial charge in [-0.1, -0.05) is 30.3 Å². The predicted octanol–water partition coefficient (Wildman–Crippen LogP) is 2.54. The molecule has 1 heterocycles. The van der Waals surface area contributed by atoms with E-state index in [0.29, 0.717) is 6.61 Å². The van der Waals surface area contributed by atoms with Crippen LogP contribution in [-0.4, -0.2) is 23.0 Å². The third kappa shape index (κ3) is 3.49. The quantitative estimate of drug-likeness (QED) is 0.917. The Kier molecular flexibility index (Phi) is 4.31. The van der Waals surface area contributed by atoms with Gasteiger partial charge in [-0.2, -0.15) is 0 Å². The van der Waals surface area contributed by atoms with E-state index < -0.39 is 0 Å². The van der Waals surface area contributed by atoms with Crippen molar-refractivity contribution in [1.29, 1.82) is 0 Å². The number of aromatic nitrogens is 1. The first-order valence-corrected chi connectivity index (χ1v) is 7.18. The maximum Gasteiger partial charge on any atom is 0.289 e. The summed E-state index contributed by atoms with van der Waals surface area (Å²) < 4.78 is 11.0. The number of rotatable bonds is 5. The van der Waals surface area contributed by atoms with Gasteiger partial charge in [0, 0.05) is 0 Å². The van der Waals surface area contributed by atoms with Gasteiger partial charge in [-0.15, -0.1) is 0 Å². The first-order chi connectivity index (χ1) is 10.3. The number of carbonyl (C=O) groups is 1. The normalized spacial score (nSPS) is 21.3. The molecule has 5 heteroatoms. The van der Waals surface area contributed by atoms with Crippen LogP contribution in [0.5, 0.6) is 0 Å².